The van der Waals surface area contributed by atoms with Crippen molar-refractivity contribution in [1.82, 2.24) is 9.55 Å². The Kier molecular flexibility index (Phi) is 5.51. The number of ether oxygens (including phenoxy) is 1. The van der Waals surface area contributed by atoms with Crippen LogP contribution in [0, 0.1) is 0 Å². The van der Waals surface area contributed by atoms with Gasteiger partial charge in [-0.1, -0.05) is 36.4 Å². The third-order valence-corrected chi connectivity index (χ3v) is 4.18. The number of para-hydroxylation sites is 3. The highest BCUT2D eigenvalue weighted by atomic mass is 16.5. The standard InChI is InChI=1S/C21H24N2O2/c1-3-9-17-10-4-7-13-20(17)25-15-8-14-23-19-12-6-5-11-18(19)22-21(23)16(2)24/h3-7,10-13,16,24H,1,8-9,14-15H2,2H3. The quantitative estimate of drug-likeness (QED) is 0.493. The summed E-state index contributed by atoms with van der Waals surface area (Å²) in [6, 6.07) is 16.0. The van der Waals surface area contributed by atoms with Crippen molar-refractivity contribution in [3.8, 4) is 5.75 Å². The fourth-order valence-electron chi connectivity index (χ4n) is 3.02. The molecule has 0 bridgehead atoms. The van der Waals surface area contributed by atoms with Crippen LogP contribution in [0.3, 0.4) is 0 Å². The highest BCUT2D eigenvalue weighted by Gasteiger charge is 2.14. The lowest BCUT2D eigenvalue weighted by molar-refractivity contribution is 0.183. The van der Waals surface area contributed by atoms with Crippen LogP contribution in [0.2, 0.25) is 0 Å². The van der Waals surface area contributed by atoms with Gasteiger partial charge in [0.2, 0.25) is 0 Å². The predicted molar refractivity (Wildman–Crippen MR) is 101 cm³/mol. The van der Waals surface area contributed by atoms with Gasteiger partial charge in [-0.25, -0.2) is 4.98 Å². The van der Waals surface area contributed by atoms with Crippen LogP contribution in [-0.4, -0.2) is 21.3 Å². The van der Waals surface area contributed by atoms with Gasteiger partial charge in [0.1, 0.15) is 17.7 Å². The monoisotopic (exact) mass is 336 g/mol. The largest absolute Gasteiger partial charge is 0.493 e. The van der Waals surface area contributed by atoms with Gasteiger partial charge < -0.3 is 14.4 Å². The molecule has 3 aromatic rings. The molecule has 0 radical (unpaired) electrons. The maximum Gasteiger partial charge on any atom is 0.138 e. The molecule has 4 nitrogen and oxygen atoms in total. The number of rotatable bonds is 8. The maximum atomic E-state index is 10.0. The molecule has 130 valence electrons. The number of nitrogens with zero attached hydrogens (tertiary/aromatic N) is 2. The van der Waals surface area contributed by atoms with Gasteiger partial charge in [0.25, 0.3) is 0 Å². The number of benzene rings is 2. The van der Waals surface area contributed by atoms with Gasteiger partial charge in [0.05, 0.1) is 17.6 Å². The van der Waals surface area contributed by atoms with E-state index < -0.39 is 6.10 Å². The van der Waals surface area contributed by atoms with Crippen LogP contribution in [0.1, 0.15) is 30.8 Å². The Hall–Kier alpha value is -2.59. The molecule has 0 aliphatic carbocycles. The number of imidazole rings is 1. The second-order valence-electron chi connectivity index (χ2n) is 6.09. The Morgan fingerprint density at radius 2 is 1.96 bits per heavy atom. The van der Waals surface area contributed by atoms with E-state index in [4.69, 9.17) is 4.74 Å². The number of fused-ring (bicyclic) bond motifs is 1. The SMILES string of the molecule is C=CCc1ccccc1OCCCn1c(C(C)O)nc2ccccc21. The molecular weight excluding hydrogens is 312 g/mol. The lowest BCUT2D eigenvalue weighted by atomic mass is 10.1. The third-order valence-electron chi connectivity index (χ3n) is 4.18. The van der Waals surface area contributed by atoms with Gasteiger partial charge in [-0.05, 0) is 43.5 Å². The first-order valence-corrected chi connectivity index (χ1v) is 8.65. The molecule has 1 atom stereocenters. The Labute approximate surface area is 148 Å². The Bertz CT molecular complexity index is 852. The molecule has 3 rings (SSSR count). The summed E-state index contributed by atoms with van der Waals surface area (Å²) in [6.45, 7) is 6.91. The van der Waals surface area contributed by atoms with E-state index >= 15 is 0 Å². The Morgan fingerprint density at radius 1 is 1.20 bits per heavy atom. The third kappa shape index (κ3) is 3.91. The van der Waals surface area contributed by atoms with Crippen LogP contribution >= 0.6 is 0 Å². The van der Waals surface area contributed by atoms with Crippen LogP contribution in [0.15, 0.2) is 61.2 Å². The fraction of sp³-hybridized carbons (Fsp3) is 0.286. The summed E-state index contributed by atoms with van der Waals surface area (Å²) >= 11 is 0. The minimum absolute atomic E-state index is 0.596. The van der Waals surface area contributed by atoms with E-state index in [1.807, 2.05) is 48.5 Å². The fourth-order valence-corrected chi connectivity index (χ4v) is 3.02. The van der Waals surface area contributed by atoms with Gasteiger partial charge in [-0.3, -0.25) is 0 Å². The molecule has 0 saturated carbocycles. The molecule has 4 heteroatoms. The van der Waals surface area contributed by atoms with Crippen molar-refractivity contribution in [3.63, 3.8) is 0 Å². The second kappa shape index (κ2) is 7.99. The van der Waals surface area contributed by atoms with Gasteiger partial charge in [-0.2, -0.15) is 0 Å². The molecule has 0 fully saturated rings. The van der Waals surface area contributed by atoms with Crippen LogP contribution in [0.5, 0.6) is 5.75 Å². The zero-order valence-electron chi connectivity index (χ0n) is 14.6. The van der Waals surface area contributed by atoms with Gasteiger partial charge in [0.15, 0.2) is 0 Å². The number of aliphatic hydroxyl groups excluding tert-OH is 1. The van der Waals surface area contributed by atoms with Crippen LogP contribution < -0.4 is 4.74 Å². The number of allylic oxidation sites excluding steroid dienone is 1. The van der Waals surface area contributed by atoms with E-state index in [1.54, 1.807) is 6.92 Å². The number of aromatic nitrogens is 2. The van der Waals surface area contributed by atoms with E-state index in [1.165, 1.54) is 0 Å². The topological polar surface area (TPSA) is 47.3 Å². The van der Waals surface area contributed by atoms with E-state index in [2.05, 4.69) is 22.2 Å². The normalized spacial score (nSPS) is 12.2. The maximum absolute atomic E-state index is 10.0. The van der Waals surface area contributed by atoms with E-state index in [0.29, 0.717) is 12.4 Å². The summed E-state index contributed by atoms with van der Waals surface area (Å²) in [5.41, 5.74) is 3.11. The van der Waals surface area contributed by atoms with Crippen molar-refractivity contribution in [2.75, 3.05) is 6.61 Å². The molecule has 0 aliphatic rings. The molecule has 1 N–H and O–H groups in total. The number of hydrogen-bond acceptors (Lipinski definition) is 3. The number of aliphatic hydroxyl groups is 1. The summed E-state index contributed by atoms with van der Waals surface area (Å²) in [6.07, 6.45) is 2.92. The summed E-state index contributed by atoms with van der Waals surface area (Å²) < 4.78 is 8.04. The molecule has 25 heavy (non-hydrogen) atoms. The van der Waals surface area contributed by atoms with Gasteiger partial charge >= 0.3 is 0 Å². The minimum Gasteiger partial charge on any atom is -0.493 e. The first-order valence-electron chi connectivity index (χ1n) is 8.65. The summed E-state index contributed by atoms with van der Waals surface area (Å²) in [7, 11) is 0. The van der Waals surface area contributed by atoms with Crippen LogP contribution in [0.4, 0.5) is 0 Å². The van der Waals surface area contributed by atoms with E-state index in [0.717, 1.165) is 41.7 Å². The molecule has 2 aromatic carbocycles. The molecule has 0 aliphatic heterocycles. The Balaban J connectivity index is 1.68. The first kappa shape index (κ1) is 17.2. The molecule has 1 unspecified atom stereocenters. The summed E-state index contributed by atoms with van der Waals surface area (Å²) in [4.78, 5) is 4.55. The molecule has 0 amide bonds. The number of aryl methyl sites for hydroxylation is 1. The van der Waals surface area contributed by atoms with Crippen molar-refractivity contribution in [2.45, 2.75) is 32.4 Å². The van der Waals surface area contributed by atoms with Crippen molar-refractivity contribution in [2.24, 2.45) is 0 Å². The van der Waals surface area contributed by atoms with Crippen molar-refractivity contribution in [3.05, 3.63) is 72.6 Å². The average molecular weight is 336 g/mol. The molecule has 1 heterocycles. The van der Waals surface area contributed by atoms with Gasteiger partial charge in [-0.15, -0.1) is 6.58 Å². The smallest absolute Gasteiger partial charge is 0.138 e. The predicted octanol–water partition coefficient (Wildman–Crippen LogP) is 4.29. The second-order valence-corrected chi connectivity index (χ2v) is 6.09. The lowest BCUT2D eigenvalue weighted by Crippen LogP contribution is -2.10. The first-order chi connectivity index (χ1) is 12.2. The lowest BCUT2D eigenvalue weighted by Gasteiger charge is -2.13. The number of hydrogen-bond donors (Lipinski definition) is 1. The highest BCUT2D eigenvalue weighted by Crippen LogP contribution is 2.22. The van der Waals surface area contributed by atoms with Crippen molar-refractivity contribution < 1.29 is 9.84 Å². The van der Waals surface area contributed by atoms with Crippen molar-refractivity contribution in [1.29, 1.82) is 0 Å². The molecule has 0 spiro atoms. The zero-order chi connectivity index (χ0) is 17.6. The summed E-state index contributed by atoms with van der Waals surface area (Å²) in [5, 5.41) is 10.0. The Morgan fingerprint density at radius 3 is 2.76 bits per heavy atom. The average Bonchev–Trinajstić information content (AvgIpc) is 2.99. The van der Waals surface area contributed by atoms with Crippen molar-refractivity contribution >= 4 is 11.0 Å². The van der Waals surface area contributed by atoms with Crippen LogP contribution in [-0.2, 0) is 13.0 Å². The molecule has 0 saturated heterocycles. The highest BCUT2D eigenvalue weighted by molar-refractivity contribution is 5.75. The van der Waals surface area contributed by atoms with Crippen LogP contribution in [0.25, 0.3) is 11.0 Å². The van der Waals surface area contributed by atoms with E-state index in [9.17, 15) is 5.11 Å². The van der Waals surface area contributed by atoms with E-state index in [-0.39, 0.29) is 0 Å². The van der Waals surface area contributed by atoms with Gasteiger partial charge in [0, 0.05) is 6.54 Å². The minimum atomic E-state index is -0.596. The molecular formula is C21H24N2O2. The molecule has 1 aromatic heterocycles. The zero-order valence-corrected chi connectivity index (χ0v) is 14.6. The summed E-state index contributed by atoms with van der Waals surface area (Å²) in [5.74, 6) is 1.61.